The van der Waals surface area contributed by atoms with Crippen LogP contribution < -0.4 is 10.6 Å². The van der Waals surface area contributed by atoms with Gasteiger partial charge in [-0.05, 0) is 17.5 Å². The van der Waals surface area contributed by atoms with E-state index in [0.717, 1.165) is 13.0 Å². The van der Waals surface area contributed by atoms with Gasteiger partial charge in [0.25, 0.3) is 0 Å². The van der Waals surface area contributed by atoms with Crippen LogP contribution in [0.15, 0.2) is 65.7 Å². The van der Waals surface area contributed by atoms with Crippen molar-refractivity contribution in [2.45, 2.75) is 12.3 Å². The van der Waals surface area contributed by atoms with E-state index in [2.05, 4.69) is 64.2 Å². The Morgan fingerprint density at radius 2 is 1.52 bits per heavy atom. The van der Waals surface area contributed by atoms with Gasteiger partial charge in [-0.15, -0.1) is 0 Å². The average molecular weight is 397 g/mol. The number of nitrogens with one attached hydrogen (secondary N) is 2. The van der Waals surface area contributed by atoms with E-state index in [-0.39, 0.29) is 18.4 Å². The molecule has 0 atom stereocenters. The first kappa shape index (κ1) is 22.4. The molecule has 0 aromatic heterocycles. The maximum absolute atomic E-state index is 11.9. The molecule has 0 heterocycles. The minimum absolute atomic E-state index is 0.0377. The van der Waals surface area contributed by atoms with Crippen molar-refractivity contribution in [3.05, 3.63) is 71.8 Å². The number of rotatable bonds is 10. The zero-order chi connectivity index (χ0) is 20.9. The van der Waals surface area contributed by atoms with E-state index in [1.54, 1.807) is 21.2 Å². The number of amides is 1. The highest BCUT2D eigenvalue weighted by Crippen LogP contribution is 2.27. The molecule has 0 fully saturated rings. The third-order valence-electron chi connectivity index (χ3n) is 4.60. The molecular weight excluding hydrogens is 364 g/mol. The van der Waals surface area contributed by atoms with Gasteiger partial charge in [0.1, 0.15) is 6.54 Å². The summed E-state index contributed by atoms with van der Waals surface area (Å²) in [6, 6.07) is 21.0. The highest BCUT2D eigenvalue weighted by molar-refractivity contribution is 5.84. The molecule has 0 spiro atoms. The molecule has 1 amide bonds. The zero-order valence-electron chi connectivity index (χ0n) is 17.6. The molecule has 156 valence electrons. The normalized spacial score (nSPS) is 11.4. The van der Waals surface area contributed by atoms with E-state index in [4.69, 9.17) is 4.74 Å². The molecule has 0 saturated heterocycles. The second-order valence-electron chi connectivity index (χ2n) is 6.96. The summed E-state index contributed by atoms with van der Waals surface area (Å²) in [5.74, 6) is 0.870. The first-order valence-electron chi connectivity index (χ1n) is 9.93. The summed E-state index contributed by atoms with van der Waals surface area (Å²) in [4.78, 5) is 17.8. The maximum Gasteiger partial charge on any atom is 0.243 e. The summed E-state index contributed by atoms with van der Waals surface area (Å²) in [5, 5.41) is 6.57. The average Bonchev–Trinajstić information content (AvgIpc) is 2.75. The van der Waals surface area contributed by atoms with E-state index in [1.807, 2.05) is 12.1 Å². The number of ether oxygens (including phenoxy) is 1. The lowest BCUT2D eigenvalue weighted by Crippen LogP contribution is -2.40. The number of hydrogen-bond acceptors (Lipinski definition) is 3. The molecule has 2 aromatic carbocycles. The van der Waals surface area contributed by atoms with Crippen LogP contribution in [-0.4, -0.2) is 64.2 Å². The van der Waals surface area contributed by atoms with E-state index in [0.29, 0.717) is 19.1 Å². The van der Waals surface area contributed by atoms with Crippen molar-refractivity contribution in [2.75, 3.05) is 47.4 Å². The SMILES string of the molecule is COCCNC(=NCC(=O)N(C)C)NCCC(c1ccccc1)c1ccccc1. The number of carbonyl (C=O) groups excluding carboxylic acids is 1. The Kier molecular flexibility index (Phi) is 9.72. The van der Waals surface area contributed by atoms with Gasteiger partial charge in [0, 0.05) is 40.2 Å². The van der Waals surface area contributed by atoms with Gasteiger partial charge < -0.3 is 20.3 Å². The van der Waals surface area contributed by atoms with Crippen molar-refractivity contribution >= 4 is 11.9 Å². The second-order valence-corrected chi connectivity index (χ2v) is 6.96. The number of aliphatic imine (C=N–C) groups is 1. The lowest BCUT2D eigenvalue weighted by atomic mass is 9.88. The Morgan fingerprint density at radius 1 is 0.966 bits per heavy atom. The van der Waals surface area contributed by atoms with Gasteiger partial charge >= 0.3 is 0 Å². The third-order valence-corrected chi connectivity index (χ3v) is 4.60. The van der Waals surface area contributed by atoms with Crippen molar-refractivity contribution in [3.63, 3.8) is 0 Å². The van der Waals surface area contributed by atoms with Crippen molar-refractivity contribution in [1.82, 2.24) is 15.5 Å². The van der Waals surface area contributed by atoms with Gasteiger partial charge in [0.15, 0.2) is 5.96 Å². The Hall–Kier alpha value is -2.86. The summed E-state index contributed by atoms with van der Waals surface area (Å²) in [7, 11) is 5.12. The number of guanidine groups is 1. The number of methoxy groups -OCH3 is 1. The minimum atomic E-state index is -0.0377. The van der Waals surface area contributed by atoms with Crippen LogP contribution in [0.4, 0.5) is 0 Å². The molecule has 29 heavy (non-hydrogen) atoms. The van der Waals surface area contributed by atoms with Crippen LogP contribution in [0.1, 0.15) is 23.5 Å². The lowest BCUT2D eigenvalue weighted by Gasteiger charge is -2.20. The molecule has 2 rings (SSSR count). The summed E-state index contributed by atoms with van der Waals surface area (Å²) in [5.41, 5.74) is 2.57. The Balaban J connectivity index is 2.03. The fourth-order valence-corrected chi connectivity index (χ4v) is 2.97. The Morgan fingerprint density at radius 3 is 2.03 bits per heavy atom. The van der Waals surface area contributed by atoms with Gasteiger partial charge in [-0.25, -0.2) is 4.99 Å². The predicted octanol–water partition coefficient (Wildman–Crippen LogP) is 2.48. The fraction of sp³-hybridized carbons (Fsp3) is 0.391. The monoisotopic (exact) mass is 396 g/mol. The van der Waals surface area contributed by atoms with Crippen LogP contribution in [0, 0.1) is 0 Å². The summed E-state index contributed by atoms with van der Waals surface area (Å²) >= 11 is 0. The van der Waals surface area contributed by atoms with Crippen LogP contribution in [0.5, 0.6) is 0 Å². The van der Waals surface area contributed by atoms with Gasteiger partial charge in [0.2, 0.25) is 5.91 Å². The summed E-state index contributed by atoms with van der Waals surface area (Å²) in [6.45, 7) is 2.03. The molecule has 6 nitrogen and oxygen atoms in total. The van der Waals surface area contributed by atoms with Crippen LogP contribution in [0.25, 0.3) is 0 Å². The van der Waals surface area contributed by atoms with E-state index < -0.39 is 0 Å². The van der Waals surface area contributed by atoms with Crippen molar-refractivity contribution < 1.29 is 9.53 Å². The van der Waals surface area contributed by atoms with Gasteiger partial charge in [-0.1, -0.05) is 60.7 Å². The van der Waals surface area contributed by atoms with Crippen molar-refractivity contribution in [3.8, 4) is 0 Å². The summed E-state index contributed by atoms with van der Waals surface area (Å²) in [6.07, 6.45) is 0.903. The second kappa shape index (κ2) is 12.6. The van der Waals surface area contributed by atoms with E-state index in [1.165, 1.54) is 16.0 Å². The van der Waals surface area contributed by atoms with Crippen LogP contribution >= 0.6 is 0 Å². The van der Waals surface area contributed by atoms with Crippen LogP contribution in [0.3, 0.4) is 0 Å². The molecule has 0 aliphatic rings. The Labute approximate surface area is 174 Å². The molecule has 2 N–H and O–H groups in total. The Bertz CT molecular complexity index is 708. The van der Waals surface area contributed by atoms with E-state index >= 15 is 0 Å². The number of likely N-dealkylation sites (N-methyl/N-ethyl adjacent to an activating group) is 1. The fourth-order valence-electron chi connectivity index (χ4n) is 2.97. The maximum atomic E-state index is 11.9. The minimum Gasteiger partial charge on any atom is -0.383 e. The molecule has 0 aliphatic carbocycles. The highest BCUT2D eigenvalue weighted by atomic mass is 16.5. The number of carbonyl (C=O) groups is 1. The highest BCUT2D eigenvalue weighted by Gasteiger charge is 2.14. The van der Waals surface area contributed by atoms with Crippen LogP contribution in [-0.2, 0) is 9.53 Å². The smallest absolute Gasteiger partial charge is 0.243 e. The molecule has 0 radical (unpaired) electrons. The largest absolute Gasteiger partial charge is 0.383 e. The lowest BCUT2D eigenvalue weighted by molar-refractivity contribution is -0.127. The topological polar surface area (TPSA) is 66.0 Å². The van der Waals surface area contributed by atoms with Gasteiger partial charge in [-0.3, -0.25) is 4.79 Å². The van der Waals surface area contributed by atoms with E-state index in [9.17, 15) is 4.79 Å². The molecule has 0 saturated carbocycles. The molecular formula is C23H32N4O2. The molecule has 0 aliphatic heterocycles. The van der Waals surface area contributed by atoms with Crippen molar-refractivity contribution in [2.24, 2.45) is 4.99 Å². The van der Waals surface area contributed by atoms with Crippen molar-refractivity contribution in [1.29, 1.82) is 0 Å². The molecule has 0 bridgehead atoms. The number of benzene rings is 2. The van der Waals surface area contributed by atoms with Gasteiger partial charge in [-0.2, -0.15) is 0 Å². The summed E-state index contributed by atoms with van der Waals surface area (Å²) < 4.78 is 5.09. The standard InChI is InChI=1S/C23H32N4O2/c1-27(2)22(28)18-26-23(25-16-17-29-3)24-15-14-21(19-10-6-4-7-11-19)20-12-8-5-9-13-20/h4-13,21H,14-18H2,1-3H3,(H2,24,25,26). The first-order chi connectivity index (χ1) is 14.1. The van der Waals surface area contributed by atoms with Gasteiger partial charge in [0.05, 0.1) is 6.61 Å². The zero-order valence-corrected chi connectivity index (χ0v) is 17.6. The first-order valence-corrected chi connectivity index (χ1v) is 9.93. The third kappa shape index (κ3) is 7.95. The quantitative estimate of drug-likeness (QED) is 0.368. The predicted molar refractivity (Wildman–Crippen MR) is 118 cm³/mol. The number of nitrogens with zero attached hydrogens (tertiary/aromatic N) is 2. The van der Waals surface area contributed by atoms with Crippen LogP contribution in [0.2, 0.25) is 0 Å². The molecule has 2 aromatic rings. The number of hydrogen-bond donors (Lipinski definition) is 2. The molecule has 0 unspecified atom stereocenters. The molecule has 6 heteroatoms.